The molecule has 22 heavy (non-hydrogen) atoms. The van der Waals surface area contributed by atoms with Gasteiger partial charge in [0, 0.05) is 13.1 Å². The highest BCUT2D eigenvalue weighted by molar-refractivity contribution is 5.21. The summed E-state index contributed by atoms with van der Waals surface area (Å²) in [5.41, 5.74) is 15.5. The Bertz CT molecular complexity index is 492. The summed E-state index contributed by atoms with van der Waals surface area (Å²) in [6.07, 6.45) is 0. The molecular weight excluding hydrogens is 280 g/mol. The van der Waals surface area contributed by atoms with E-state index >= 15 is 0 Å². The zero-order valence-corrected chi connectivity index (χ0v) is 12.8. The van der Waals surface area contributed by atoms with Crippen molar-refractivity contribution in [1.29, 1.82) is 0 Å². The molecule has 0 aliphatic heterocycles. The van der Waals surface area contributed by atoms with Crippen molar-refractivity contribution in [1.82, 2.24) is 22.0 Å². The summed E-state index contributed by atoms with van der Waals surface area (Å²) in [6, 6.07) is 16.4. The van der Waals surface area contributed by atoms with Crippen molar-refractivity contribution in [3.8, 4) is 0 Å². The molecule has 0 spiro atoms. The van der Waals surface area contributed by atoms with Gasteiger partial charge in [-0.2, -0.15) is 0 Å². The van der Waals surface area contributed by atoms with Crippen LogP contribution in [-0.2, 0) is 23.1 Å². The maximum Gasteiger partial charge on any atom is 0.0374 e. The predicted molar refractivity (Wildman–Crippen MR) is 84.5 cm³/mol. The van der Waals surface area contributed by atoms with Crippen LogP contribution in [0.2, 0.25) is 0 Å². The fourth-order valence-electron chi connectivity index (χ4n) is 1.79. The zero-order chi connectivity index (χ0) is 15.6. The molecule has 0 aliphatic carbocycles. The average molecular weight is 302 g/mol. The Balaban J connectivity index is 1.47. The van der Waals surface area contributed by atoms with Crippen molar-refractivity contribution in [3.63, 3.8) is 0 Å². The number of benzene rings is 2. The Hall–Kier alpha value is -1.80. The Morgan fingerprint density at radius 3 is 1.36 bits per heavy atom. The molecule has 0 radical (unpaired) electrons. The second kappa shape index (κ2) is 9.26. The minimum absolute atomic E-state index is 0.625. The Labute approximate surface area is 130 Å². The second-order valence-electron chi connectivity index (χ2n) is 5.05. The molecular formula is C16H22N4O2. The summed E-state index contributed by atoms with van der Waals surface area (Å²) < 4.78 is 0. The predicted octanol–water partition coefficient (Wildman–Crippen LogP) is 1.97. The summed E-state index contributed by atoms with van der Waals surface area (Å²) in [7, 11) is 0. The maximum atomic E-state index is 4.70. The zero-order valence-electron chi connectivity index (χ0n) is 12.8. The van der Waals surface area contributed by atoms with E-state index in [1.54, 1.807) is 0 Å². The van der Waals surface area contributed by atoms with Crippen molar-refractivity contribution in [3.05, 3.63) is 70.8 Å². The molecule has 0 saturated carbocycles. The number of hydrogen-bond donors (Lipinski definition) is 4. The molecule has 0 heterocycles. The maximum absolute atomic E-state index is 4.70. The Morgan fingerprint density at radius 2 is 1.00 bits per heavy atom. The molecule has 0 bridgehead atoms. The van der Waals surface area contributed by atoms with E-state index in [0.29, 0.717) is 13.1 Å². The minimum Gasteiger partial charge on any atom is -0.227 e. The topological polar surface area (TPSA) is 66.6 Å². The van der Waals surface area contributed by atoms with Gasteiger partial charge in [0.05, 0.1) is 0 Å². The van der Waals surface area contributed by atoms with E-state index in [1.165, 1.54) is 11.1 Å². The summed E-state index contributed by atoms with van der Waals surface area (Å²) in [5, 5.41) is 0. The highest BCUT2D eigenvalue weighted by Gasteiger charge is 1.93. The van der Waals surface area contributed by atoms with Gasteiger partial charge in [0.2, 0.25) is 0 Å². The van der Waals surface area contributed by atoms with Crippen LogP contribution in [0.3, 0.4) is 0 Å². The van der Waals surface area contributed by atoms with Crippen LogP contribution >= 0.6 is 0 Å². The summed E-state index contributed by atoms with van der Waals surface area (Å²) in [5.74, 6) is 0. The Morgan fingerprint density at radius 1 is 0.636 bits per heavy atom. The molecule has 0 saturated heterocycles. The van der Waals surface area contributed by atoms with Crippen molar-refractivity contribution in [2.75, 3.05) is 0 Å². The largest absolute Gasteiger partial charge is 0.227 e. The van der Waals surface area contributed by atoms with Crippen LogP contribution in [0.15, 0.2) is 48.5 Å². The first-order valence-corrected chi connectivity index (χ1v) is 7.13. The van der Waals surface area contributed by atoms with Crippen molar-refractivity contribution >= 4 is 0 Å². The standard InChI is InChI=1S/C16H22N4O2/c1-13-3-7-15(8-4-13)11-17-19-21-22-20-18-12-16-9-5-14(2)6-10-16/h3-10,17-20H,11-12H2,1-2H3. The molecule has 0 unspecified atom stereocenters. The lowest BCUT2D eigenvalue weighted by atomic mass is 10.1. The molecule has 0 amide bonds. The monoisotopic (exact) mass is 302 g/mol. The van der Waals surface area contributed by atoms with Crippen molar-refractivity contribution < 1.29 is 9.98 Å². The van der Waals surface area contributed by atoms with Gasteiger partial charge in [0.15, 0.2) is 0 Å². The normalized spacial score (nSPS) is 10.8. The van der Waals surface area contributed by atoms with E-state index in [-0.39, 0.29) is 0 Å². The summed E-state index contributed by atoms with van der Waals surface area (Å²) in [4.78, 5) is 9.40. The molecule has 0 aromatic heterocycles. The van der Waals surface area contributed by atoms with Gasteiger partial charge in [-0.25, -0.2) is 10.9 Å². The van der Waals surface area contributed by atoms with E-state index in [1.807, 2.05) is 24.3 Å². The highest BCUT2D eigenvalue weighted by atomic mass is 17.3. The van der Waals surface area contributed by atoms with Crippen LogP contribution in [0.25, 0.3) is 0 Å². The smallest absolute Gasteiger partial charge is 0.0374 e. The first kappa shape index (κ1) is 16.6. The van der Waals surface area contributed by atoms with Crippen LogP contribution in [0.5, 0.6) is 0 Å². The van der Waals surface area contributed by atoms with Crippen LogP contribution in [0.1, 0.15) is 22.3 Å². The van der Waals surface area contributed by atoms with E-state index in [0.717, 1.165) is 11.1 Å². The molecule has 6 heteroatoms. The van der Waals surface area contributed by atoms with Gasteiger partial charge in [-0.1, -0.05) is 59.7 Å². The van der Waals surface area contributed by atoms with Gasteiger partial charge in [0.1, 0.15) is 0 Å². The molecule has 0 fully saturated rings. The fourth-order valence-corrected chi connectivity index (χ4v) is 1.79. The number of rotatable bonds is 9. The van der Waals surface area contributed by atoms with Crippen LogP contribution in [-0.4, -0.2) is 0 Å². The molecule has 2 aromatic rings. The lowest BCUT2D eigenvalue weighted by molar-refractivity contribution is -0.390. The highest BCUT2D eigenvalue weighted by Crippen LogP contribution is 2.02. The summed E-state index contributed by atoms with van der Waals surface area (Å²) in [6.45, 7) is 5.37. The van der Waals surface area contributed by atoms with E-state index in [2.05, 4.69) is 60.1 Å². The van der Waals surface area contributed by atoms with Gasteiger partial charge in [-0.05, 0) is 25.0 Å². The van der Waals surface area contributed by atoms with Gasteiger partial charge in [-0.3, -0.25) is 0 Å². The van der Waals surface area contributed by atoms with Crippen molar-refractivity contribution in [2.24, 2.45) is 0 Å². The van der Waals surface area contributed by atoms with E-state index < -0.39 is 0 Å². The molecule has 4 N–H and O–H groups in total. The van der Waals surface area contributed by atoms with Gasteiger partial charge in [0.25, 0.3) is 0 Å². The molecule has 2 rings (SSSR count). The molecule has 0 atom stereocenters. The third kappa shape index (κ3) is 6.31. The number of hydrogen-bond acceptors (Lipinski definition) is 6. The molecule has 6 nitrogen and oxygen atoms in total. The lowest BCUT2D eigenvalue weighted by Gasteiger charge is -2.08. The molecule has 118 valence electrons. The molecule has 0 aliphatic rings. The van der Waals surface area contributed by atoms with E-state index in [9.17, 15) is 0 Å². The van der Waals surface area contributed by atoms with Crippen LogP contribution in [0.4, 0.5) is 0 Å². The van der Waals surface area contributed by atoms with E-state index in [4.69, 9.17) is 9.98 Å². The lowest BCUT2D eigenvalue weighted by Crippen LogP contribution is -2.37. The van der Waals surface area contributed by atoms with Crippen LogP contribution in [0, 0.1) is 13.8 Å². The number of aryl methyl sites for hydroxylation is 2. The van der Waals surface area contributed by atoms with Gasteiger partial charge < -0.3 is 0 Å². The number of nitrogens with one attached hydrogen (secondary N) is 4. The Kier molecular flexibility index (Phi) is 6.98. The van der Waals surface area contributed by atoms with Gasteiger partial charge in [-0.15, -0.1) is 21.2 Å². The van der Waals surface area contributed by atoms with Gasteiger partial charge >= 0.3 is 0 Å². The average Bonchev–Trinajstić information content (AvgIpc) is 2.53. The summed E-state index contributed by atoms with van der Waals surface area (Å²) >= 11 is 0. The first-order chi connectivity index (χ1) is 10.7. The van der Waals surface area contributed by atoms with Crippen LogP contribution < -0.4 is 22.0 Å². The van der Waals surface area contributed by atoms with Crippen molar-refractivity contribution in [2.45, 2.75) is 26.9 Å². The SMILES string of the molecule is Cc1ccc(CNNOONNCc2ccc(C)cc2)cc1. The minimum atomic E-state index is 0.625. The number of hydrazine groups is 2. The third-order valence-corrected chi connectivity index (χ3v) is 3.10. The quantitative estimate of drug-likeness (QED) is 0.323. The fraction of sp³-hybridized carbons (Fsp3) is 0.250. The third-order valence-electron chi connectivity index (χ3n) is 3.10. The molecule has 2 aromatic carbocycles. The second-order valence-corrected chi connectivity index (χ2v) is 5.05. The first-order valence-electron chi connectivity index (χ1n) is 7.13.